The quantitative estimate of drug-likeness (QED) is 0.646. The minimum Gasteiger partial charge on any atom is -0.398 e. The average Bonchev–Trinajstić information content (AvgIpc) is 2.30. The Morgan fingerprint density at radius 3 is 2.72 bits per heavy atom. The molecular weight excluding hydrogens is 340 g/mol. The molecule has 0 saturated carbocycles. The summed E-state index contributed by atoms with van der Waals surface area (Å²) in [6.45, 7) is 1.79. The smallest absolute Gasteiger partial charge is 0.242 e. The van der Waals surface area contributed by atoms with E-state index >= 15 is 0 Å². The predicted octanol–water partition coefficient (Wildman–Crippen LogP) is 2.37. The summed E-state index contributed by atoms with van der Waals surface area (Å²) in [6, 6.07) is 2.21. The molecule has 3 N–H and O–H groups in total. The molecule has 0 bridgehead atoms. The van der Waals surface area contributed by atoms with E-state index in [1.807, 2.05) is 0 Å². The van der Waals surface area contributed by atoms with Gasteiger partial charge in [0.05, 0.1) is 15.4 Å². The second kappa shape index (κ2) is 5.93. The zero-order valence-electron chi connectivity index (χ0n) is 9.57. The lowest BCUT2D eigenvalue weighted by atomic mass is 10.3. The Labute approximate surface area is 120 Å². The highest BCUT2D eigenvalue weighted by Crippen LogP contribution is 2.31. The fourth-order valence-corrected chi connectivity index (χ4v) is 3.80. The molecule has 0 aliphatic heterocycles. The molecule has 1 rings (SSSR count). The molecule has 0 fully saturated rings. The van der Waals surface area contributed by atoms with E-state index in [-0.39, 0.29) is 20.1 Å². The molecule has 1 aromatic rings. The molecular formula is C11H12BrClN2O2S. The van der Waals surface area contributed by atoms with E-state index in [1.165, 1.54) is 12.1 Å². The molecule has 1 atom stereocenters. The van der Waals surface area contributed by atoms with Gasteiger partial charge >= 0.3 is 0 Å². The highest BCUT2D eigenvalue weighted by molar-refractivity contribution is 9.10. The van der Waals surface area contributed by atoms with E-state index in [0.717, 1.165) is 0 Å². The van der Waals surface area contributed by atoms with Gasteiger partial charge in [0.15, 0.2) is 0 Å². The van der Waals surface area contributed by atoms with E-state index in [4.69, 9.17) is 23.8 Å². The Bertz CT molecular complexity index is 596. The number of benzene rings is 1. The molecule has 0 heterocycles. The van der Waals surface area contributed by atoms with Gasteiger partial charge in [-0.15, -0.1) is 6.42 Å². The van der Waals surface area contributed by atoms with Gasteiger partial charge < -0.3 is 5.73 Å². The van der Waals surface area contributed by atoms with Crippen LogP contribution in [-0.4, -0.2) is 14.5 Å². The Kier molecular flexibility index (Phi) is 5.05. The molecule has 0 aliphatic rings. The van der Waals surface area contributed by atoms with Crippen molar-refractivity contribution in [1.82, 2.24) is 4.72 Å². The lowest BCUT2D eigenvalue weighted by Gasteiger charge is -2.13. The molecule has 7 heteroatoms. The number of nitrogen functional groups attached to an aromatic ring is 1. The maximum absolute atomic E-state index is 12.1. The van der Waals surface area contributed by atoms with Gasteiger partial charge in [-0.2, -0.15) is 4.72 Å². The van der Waals surface area contributed by atoms with Crippen LogP contribution in [0.25, 0.3) is 0 Å². The minimum absolute atomic E-state index is 0.0267. The fourth-order valence-electron chi connectivity index (χ4n) is 1.27. The number of terminal acetylenes is 1. The van der Waals surface area contributed by atoms with E-state index in [2.05, 4.69) is 26.6 Å². The second-order valence-electron chi connectivity index (χ2n) is 3.56. The van der Waals surface area contributed by atoms with Gasteiger partial charge in [-0.25, -0.2) is 8.42 Å². The van der Waals surface area contributed by atoms with Crippen LogP contribution in [0, 0.1) is 12.3 Å². The summed E-state index contributed by atoms with van der Waals surface area (Å²) in [5.74, 6) is 2.36. The van der Waals surface area contributed by atoms with E-state index in [9.17, 15) is 8.42 Å². The first-order chi connectivity index (χ1) is 8.31. The van der Waals surface area contributed by atoms with Crippen LogP contribution in [0.4, 0.5) is 5.69 Å². The molecule has 98 valence electrons. The van der Waals surface area contributed by atoms with Crippen molar-refractivity contribution in [2.75, 3.05) is 5.73 Å². The van der Waals surface area contributed by atoms with Gasteiger partial charge in [0, 0.05) is 10.7 Å². The van der Waals surface area contributed by atoms with Crippen molar-refractivity contribution >= 4 is 43.2 Å². The van der Waals surface area contributed by atoms with E-state index < -0.39 is 16.1 Å². The minimum atomic E-state index is -3.76. The molecule has 0 amide bonds. The summed E-state index contributed by atoms with van der Waals surface area (Å²) >= 11 is 8.93. The van der Waals surface area contributed by atoms with Crippen molar-refractivity contribution < 1.29 is 8.42 Å². The third-order valence-electron chi connectivity index (χ3n) is 2.23. The summed E-state index contributed by atoms with van der Waals surface area (Å²) in [5, 5.41) is 0.241. The third-order valence-corrected chi connectivity index (χ3v) is 5.09. The molecule has 1 unspecified atom stereocenters. The highest BCUT2D eigenvalue weighted by Gasteiger charge is 2.22. The molecule has 18 heavy (non-hydrogen) atoms. The number of hydrogen-bond acceptors (Lipinski definition) is 3. The number of nitrogens with one attached hydrogen (secondary N) is 1. The lowest BCUT2D eigenvalue weighted by molar-refractivity contribution is 0.570. The first-order valence-electron chi connectivity index (χ1n) is 5.04. The number of rotatable bonds is 4. The molecule has 1 aromatic carbocycles. The van der Waals surface area contributed by atoms with Crippen molar-refractivity contribution in [3.8, 4) is 12.3 Å². The normalized spacial score (nSPS) is 13.0. The van der Waals surface area contributed by atoms with Crippen LogP contribution >= 0.6 is 27.5 Å². The average molecular weight is 352 g/mol. The third kappa shape index (κ3) is 3.39. The van der Waals surface area contributed by atoms with Gasteiger partial charge in [-0.05, 0) is 34.5 Å². The Morgan fingerprint density at radius 1 is 1.61 bits per heavy atom. The lowest BCUT2D eigenvalue weighted by Crippen LogP contribution is -2.33. The summed E-state index contributed by atoms with van der Waals surface area (Å²) in [6.07, 6.45) is 5.72. The van der Waals surface area contributed by atoms with Crippen LogP contribution in [0.15, 0.2) is 21.5 Å². The number of sulfonamides is 1. The SMILES string of the molecule is C#CC(CC)NS(=O)(=O)c1cc(Cl)cc(N)c1Br. The zero-order chi connectivity index (χ0) is 13.9. The van der Waals surface area contributed by atoms with Gasteiger partial charge in [0.25, 0.3) is 0 Å². The number of nitrogens with two attached hydrogens (primary N) is 1. The van der Waals surface area contributed by atoms with Crippen molar-refractivity contribution in [2.45, 2.75) is 24.3 Å². The molecule has 0 saturated heterocycles. The Hall–Kier alpha value is -0.740. The van der Waals surface area contributed by atoms with Crippen molar-refractivity contribution in [1.29, 1.82) is 0 Å². The Balaban J connectivity index is 3.26. The monoisotopic (exact) mass is 350 g/mol. The van der Waals surface area contributed by atoms with Gasteiger partial charge in [0.2, 0.25) is 10.0 Å². The summed E-state index contributed by atoms with van der Waals surface area (Å²) in [7, 11) is -3.76. The Morgan fingerprint density at radius 2 is 2.22 bits per heavy atom. The summed E-state index contributed by atoms with van der Waals surface area (Å²) in [4.78, 5) is -0.0267. The molecule has 0 aromatic heterocycles. The molecule has 0 radical (unpaired) electrons. The molecule has 4 nitrogen and oxygen atoms in total. The maximum Gasteiger partial charge on any atom is 0.242 e. The highest BCUT2D eigenvalue weighted by atomic mass is 79.9. The van der Waals surface area contributed by atoms with Crippen LogP contribution < -0.4 is 10.5 Å². The number of halogens is 2. The van der Waals surface area contributed by atoms with Crippen molar-refractivity contribution in [2.24, 2.45) is 0 Å². The molecule has 0 spiro atoms. The first-order valence-corrected chi connectivity index (χ1v) is 7.70. The maximum atomic E-state index is 12.1. The number of anilines is 1. The summed E-state index contributed by atoms with van der Waals surface area (Å²) < 4.78 is 26.9. The van der Waals surface area contributed by atoms with Gasteiger partial charge in [0.1, 0.15) is 0 Å². The standard InChI is InChI=1S/C11H12BrClN2O2S/c1-3-8(4-2)15-18(16,17)10-6-7(13)5-9(14)11(10)12/h1,5-6,8,15H,4,14H2,2H3. The van der Waals surface area contributed by atoms with Gasteiger partial charge in [-0.3, -0.25) is 0 Å². The van der Waals surface area contributed by atoms with Crippen LogP contribution in [-0.2, 0) is 10.0 Å². The topological polar surface area (TPSA) is 72.2 Å². The van der Waals surface area contributed by atoms with Crippen molar-refractivity contribution in [3.63, 3.8) is 0 Å². The van der Waals surface area contributed by atoms with Crippen LogP contribution in [0.5, 0.6) is 0 Å². The molecule has 0 aliphatic carbocycles. The largest absolute Gasteiger partial charge is 0.398 e. The summed E-state index contributed by atoms with van der Waals surface area (Å²) in [5.41, 5.74) is 5.90. The predicted molar refractivity (Wildman–Crippen MR) is 76.8 cm³/mol. The first kappa shape index (κ1) is 15.3. The number of hydrogen-bond donors (Lipinski definition) is 2. The second-order valence-corrected chi connectivity index (χ2v) is 6.47. The van der Waals surface area contributed by atoms with E-state index in [0.29, 0.717) is 6.42 Å². The zero-order valence-corrected chi connectivity index (χ0v) is 12.7. The van der Waals surface area contributed by atoms with E-state index in [1.54, 1.807) is 6.92 Å². The van der Waals surface area contributed by atoms with Crippen LogP contribution in [0.3, 0.4) is 0 Å². The van der Waals surface area contributed by atoms with Crippen LogP contribution in [0.2, 0.25) is 5.02 Å². The fraction of sp³-hybridized carbons (Fsp3) is 0.273. The van der Waals surface area contributed by atoms with Crippen LogP contribution in [0.1, 0.15) is 13.3 Å². The van der Waals surface area contributed by atoms with Crippen molar-refractivity contribution in [3.05, 3.63) is 21.6 Å². The van der Waals surface area contributed by atoms with Gasteiger partial charge in [-0.1, -0.05) is 24.4 Å².